The van der Waals surface area contributed by atoms with Gasteiger partial charge in [0.25, 0.3) is 11.6 Å². The SMILES string of the molecule is COC(=O)C1=C(C(N)=O)NC(C)=C(C(=O)OC(C)C)C1c1cccc([N+](=O)[O-])c1. The number of allylic oxidation sites excluding steroid dienone is 1. The van der Waals surface area contributed by atoms with Crippen LogP contribution in [0.25, 0.3) is 0 Å². The molecule has 1 aromatic rings. The molecule has 154 valence electrons. The fraction of sp³-hybridized carbons (Fsp3) is 0.316. The number of nitro benzene ring substituents is 1. The topological polar surface area (TPSA) is 151 Å². The zero-order valence-corrected chi connectivity index (χ0v) is 16.3. The van der Waals surface area contributed by atoms with Crippen molar-refractivity contribution in [3.8, 4) is 0 Å². The predicted octanol–water partition coefficient (Wildman–Crippen LogP) is 1.42. The zero-order valence-electron chi connectivity index (χ0n) is 16.3. The summed E-state index contributed by atoms with van der Waals surface area (Å²) >= 11 is 0. The van der Waals surface area contributed by atoms with Gasteiger partial charge in [-0.15, -0.1) is 0 Å². The number of rotatable bonds is 6. The summed E-state index contributed by atoms with van der Waals surface area (Å²) in [7, 11) is 1.11. The largest absolute Gasteiger partial charge is 0.466 e. The zero-order chi connectivity index (χ0) is 21.9. The van der Waals surface area contributed by atoms with Crippen molar-refractivity contribution in [3.63, 3.8) is 0 Å². The quantitative estimate of drug-likeness (QED) is 0.411. The summed E-state index contributed by atoms with van der Waals surface area (Å²) in [6.45, 7) is 4.81. The molecule has 1 atom stereocenters. The molecule has 10 nitrogen and oxygen atoms in total. The monoisotopic (exact) mass is 403 g/mol. The van der Waals surface area contributed by atoms with Gasteiger partial charge in [-0.25, -0.2) is 9.59 Å². The normalized spacial score (nSPS) is 16.4. The molecule has 1 amide bonds. The van der Waals surface area contributed by atoms with Gasteiger partial charge >= 0.3 is 11.9 Å². The second-order valence-corrected chi connectivity index (χ2v) is 6.55. The Morgan fingerprint density at radius 3 is 2.38 bits per heavy atom. The molecule has 1 aliphatic rings. The lowest BCUT2D eigenvalue weighted by molar-refractivity contribution is -0.384. The molecule has 1 aliphatic heterocycles. The van der Waals surface area contributed by atoms with E-state index in [4.69, 9.17) is 15.2 Å². The number of hydrogen-bond acceptors (Lipinski definition) is 8. The molecule has 10 heteroatoms. The number of nitro groups is 1. The number of carbonyl (C=O) groups excluding carboxylic acids is 3. The van der Waals surface area contributed by atoms with E-state index < -0.39 is 34.8 Å². The molecule has 0 fully saturated rings. The minimum absolute atomic E-state index is 0.0181. The number of amides is 1. The number of dihydropyridines is 1. The fourth-order valence-corrected chi connectivity index (χ4v) is 3.05. The van der Waals surface area contributed by atoms with Crippen LogP contribution in [0.2, 0.25) is 0 Å². The van der Waals surface area contributed by atoms with E-state index in [2.05, 4.69) is 5.32 Å². The number of non-ortho nitro benzene ring substituents is 1. The highest BCUT2D eigenvalue weighted by Crippen LogP contribution is 2.40. The number of benzene rings is 1. The van der Waals surface area contributed by atoms with Crippen LogP contribution in [0.5, 0.6) is 0 Å². The van der Waals surface area contributed by atoms with Crippen LogP contribution in [0.4, 0.5) is 5.69 Å². The highest BCUT2D eigenvalue weighted by Gasteiger charge is 2.40. The Labute approximate surface area is 166 Å². The van der Waals surface area contributed by atoms with Gasteiger partial charge in [-0.1, -0.05) is 12.1 Å². The van der Waals surface area contributed by atoms with E-state index in [9.17, 15) is 24.5 Å². The van der Waals surface area contributed by atoms with Crippen molar-refractivity contribution < 1.29 is 28.8 Å². The number of hydrogen-bond donors (Lipinski definition) is 2. The lowest BCUT2D eigenvalue weighted by Gasteiger charge is -2.30. The molecule has 0 aliphatic carbocycles. The van der Waals surface area contributed by atoms with Crippen molar-refractivity contribution in [1.29, 1.82) is 0 Å². The summed E-state index contributed by atoms with van der Waals surface area (Å²) in [5.41, 5.74) is 5.16. The Hall–Kier alpha value is -3.69. The first-order valence-electron chi connectivity index (χ1n) is 8.63. The third-order valence-corrected chi connectivity index (χ3v) is 4.19. The molecule has 1 aromatic carbocycles. The number of esters is 2. The molecule has 3 N–H and O–H groups in total. The van der Waals surface area contributed by atoms with Gasteiger partial charge in [0.1, 0.15) is 5.70 Å². The van der Waals surface area contributed by atoms with Crippen LogP contribution >= 0.6 is 0 Å². The molecule has 29 heavy (non-hydrogen) atoms. The van der Waals surface area contributed by atoms with Crippen LogP contribution in [-0.2, 0) is 23.9 Å². The first kappa shape index (κ1) is 21.6. The number of nitrogens with two attached hydrogens (primary N) is 1. The van der Waals surface area contributed by atoms with Gasteiger partial charge in [-0.05, 0) is 26.3 Å². The summed E-state index contributed by atoms with van der Waals surface area (Å²) in [6, 6.07) is 5.40. The molecule has 2 rings (SSSR count). The number of methoxy groups -OCH3 is 1. The van der Waals surface area contributed by atoms with Crippen molar-refractivity contribution in [2.45, 2.75) is 32.8 Å². The number of carbonyl (C=O) groups is 3. The maximum absolute atomic E-state index is 12.8. The Morgan fingerprint density at radius 2 is 1.86 bits per heavy atom. The van der Waals surface area contributed by atoms with E-state index in [1.807, 2.05) is 0 Å². The van der Waals surface area contributed by atoms with Crippen molar-refractivity contribution >= 4 is 23.5 Å². The first-order chi connectivity index (χ1) is 13.6. The molecule has 0 bridgehead atoms. The molecular weight excluding hydrogens is 382 g/mol. The Kier molecular flexibility index (Phi) is 6.37. The van der Waals surface area contributed by atoms with Gasteiger partial charge < -0.3 is 20.5 Å². The van der Waals surface area contributed by atoms with Crippen molar-refractivity contribution in [1.82, 2.24) is 5.32 Å². The molecule has 0 radical (unpaired) electrons. The summed E-state index contributed by atoms with van der Waals surface area (Å²) < 4.78 is 10.1. The van der Waals surface area contributed by atoms with Crippen molar-refractivity contribution in [2.24, 2.45) is 5.73 Å². The van der Waals surface area contributed by atoms with E-state index in [0.29, 0.717) is 0 Å². The van der Waals surface area contributed by atoms with Crippen LogP contribution in [-0.4, -0.2) is 36.0 Å². The lowest BCUT2D eigenvalue weighted by Crippen LogP contribution is -2.38. The van der Waals surface area contributed by atoms with Crippen LogP contribution in [0.15, 0.2) is 46.8 Å². The molecule has 0 spiro atoms. The summed E-state index contributed by atoms with van der Waals surface area (Å²) in [5, 5.41) is 13.9. The molecule has 1 heterocycles. The smallest absolute Gasteiger partial charge is 0.337 e. The Morgan fingerprint density at radius 1 is 1.21 bits per heavy atom. The van der Waals surface area contributed by atoms with Crippen LogP contribution < -0.4 is 11.1 Å². The third kappa shape index (κ3) is 4.42. The minimum atomic E-state index is -1.16. The van der Waals surface area contributed by atoms with Gasteiger partial charge in [-0.2, -0.15) is 0 Å². The van der Waals surface area contributed by atoms with Crippen LogP contribution in [0, 0.1) is 10.1 Å². The third-order valence-electron chi connectivity index (χ3n) is 4.19. The number of primary amides is 1. The van der Waals surface area contributed by atoms with Gasteiger partial charge in [0.05, 0.1) is 35.2 Å². The van der Waals surface area contributed by atoms with Crippen LogP contribution in [0.3, 0.4) is 0 Å². The van der Waals surface area contributed by atoms with Crippen LogP contribution in [0.1, 0.15) is 32.3 Å². The lowest BCUT2D eigenvalue weighted by atomic mass is 9.80. The second-order valence-electron chi connectivity index (χ2n) is 6.55. The average Bonchev–Trinajstić information content (AvgIpc) is 2.65. The van der Waals surface area contributed by atoms with Crippen molar-refractivity contribution in [3.05, 3.63) is 62.5 Å². The Bertz CT molecular complexity index is 947. The highest BCUT2D eigenvalue weighted by molar-refractivity contribution is 6.07. The summed E-state index contributed by atoms with van der Waals surface area (Å²) in [6.07, 6.45) is -0.461. The Balaban J connectivity index is 2.80. The fourth-order valence-electron chi connectivity index (χ4n) is 3.05. The number of nitrogens with one attached hydrogen (secondary N) is 1. The maximum Gasteiger partial charge on any atom is 0.337 e. The average molecular weight is 403 g/mol. The second kappa shape index (κ2) is 8.55. The predicted molar refractivity (Wildman–Crippen MR) is 101 cm³/mol. The maximum atomic E-state index is 12.8. The van der Waals surface area contributed by atoms with Gasteiger partial charge in [0.2, 0.25) is 0 Å². The van der Waals surface area contributed by atoms with Gasteiger partial charge in [-0.3, -0.25) is 14.9 Å². The van der Waals surface area contributed by atoms with E-state index >= 15 is 0 Å². The number of nitrogens with zero attached hydrogens (tertiary/aromatic N) is 1. The highest BCUT2D eigenvalue weighted by atomic mass is 16.6. The van der Waals surface area contributed by atoms with Gasteiger partial charge in [0, 0.05) is 17.8 Å². The minimum Gasteiger partial charge on any atom is -0.466 e. The van der Waals surface area contributed by atoms with Gasteiger partial charge in [0.15, 0.2) is 0 Å². The first-order valence-corrected chi connectivity index (χ1v) is 8.63. The summed E-state index contributed by atoms with van der Waals surface area (Å²) in [5.74, 6) is -3.76. The van der Waals surface area contributed by atoms with Crippen molar-refractivity contribution in [2.75, 3.05) is 7.11 Å². The molecule has 0 saturated carbocycles. The van der Waals surface area contributed by atoms with E-state index in [0.717, 1.165) is 7.11 Å². The standard InChI is InChI=1S/C19H21N3O7/c1-9(2)29-19(25)13-10(3)21-16(17(20)23)15(18(24)28-4)14(13)11-6-5-7-12(8-11)22(26)27/h5-9,14,21H,1-4H3,(H2,20,23). The molecular formula is C19H21N3O7. The summed E-state index contributed by atoms with van der Waals surface area (Å²) in [4.78, 5) is 47.9. The molecule has 1 unspecified atom stereocenters. The molecule has 0 aromatic heterocycles. The number of ether oxygens (including phenoxy) is 2. The van der Waals surface area contributed by atoms with E-state index in [1.165, 1.54) is 31.2 Å². The molecule has 0 saturated heterocycles. The van der Waals surface area contributed by atoms with E-state index in [1.54, 1.807) is 13.8 Å². The van der Waals surface area contributed by atoms with E-state index in [-0.39, 0.29) is 33.8 Å².